The van der Waals surface area contributed by atoms with Gasteiger partial charge in [0.1, 0.15) is 5.01 Å². The van der Waals surface area contributed by atoms with Crippen LogP contribution >= 0.6 is 11.3 Å². The molecule has 0 unspecified atom stereocenters. The van der Waals surface area contributed by atoms with Crippen LogP contribution in [0.1, 0.15) is 16.8 Å². The van der Waals surface area contributed by atoms with E-state index < -0.39 is 0 Å². The van der Waals surface area contributed by atoms with Crippen LogP contribution in [0, 0.1) is 13.8 Å². The molecule has 0 saturated heterocycles. The summed E-state index contributed by atoms with van der Waals surface area (Å²) in [7, 11) is 0. The molecule has 0 radical (unpaired) electrons. The molecule has 0 bridgehead atoms. The fraction of sp³-hybridized carbons (Fsp3) is 0.143. The second-order valence-corrected chi connectivity index (χ2v) is 7.58. The summed E-state index contributed by atoms with van der Waals surface area (Å²) in [5.74, 6) is 0. The average Bonchev–Trinajstić information content (AvgIpc) is 3.13. The van der Waals surface area contributed by atoms with Gasteiger partial charge in [0, 0.05) is 17.3 Å². The molecule has 0 aliphatic heterocycles. The van der Waals surface area contributed by atoms with E-state index in [9.17, 15) is 9.59 Å². The number of aryl methyl sites for hydroxylation is 2. The number of urea groups is 1. The molecular formula is C21H19N5O2S. The molecule has 29 heavy (non-hydrogen) atoms. The fourth-order valence-electron chi connectivity index (χ4n) is 2.92. The number of carbonyl (C=O) groups is 1. The van der Waals surface area contributed by atoms with Crippen LogP contribution in [0.3, 0.4) is 0 Å². The summed E-state index contributed by atoms with van der Waals surface area (Å²) in [5, 5.41) is 10.7. The number of hydrogen-bond donors (Lipinski definition) is 2. The van der Waals surface area contributed by atoms with Crippen LogP contribution in [0.2, 0.25) is 0 Å². The van der Waals surface area contributed by atoms with Crippen molar-refractivity contribution in [1.29, 1.82) is 0 Å². The third kappa shape index (κ3) is 4.02. The molecule has 0 fully saturated rings. The fourth-order valence-corrected chi connectivity index (χ4v) is 3.93. The van der Waals surface area contributed by atoms with Gasteiger partial charge >= 0.3 is 6.03 Å². The number of nitrogens with zero attached hydrogens (tertiary/aromatic N) is 3. The number of anilines is 1. The first-order chi connectivity index (χ1) is 14.0. The van der Waals surface area contributed by atoms with Crippen molar-refractivity contribution in [2.45, 2.75) is 20.4 Å². The number of carbonyl (C=O) groups excluding carboxylic acids is 1. The molecule has 2 amide bonds. The Bertz CT molecular complexity index is 1260. The van der Waals surface area contributed by atoms with E-state index in [2.05, 4.69) is 20.7 Å². The first-order valence-electron chi connectivity index (χ1n) is 9.07. The van der Waals surface area contributed by atoms with Crippen LogP contribution in [-0.2, 0) is 6.54 Å². The van der Waals surface area contributed by atoms with Crippen molar-refractivity contribution < 1.29 is 4.79 Å². The lowest BCUT2D eigenvalue weighted by Crippen LogP contribution is -2.29. The van der Waals surface area contributed by atoms with E-state index in [1.807, 2.05) is 62.4 Å². The quantitative estimate of drug-likeness (QED) is 0.541. The van der Waals surface area contributed by atoms with Gasteiger partial charge in [0.25, 0.3) is 5.56 Å². The molecule has 2 aromatic carbocycles. The van der Waals surface area contributed by atoms with Gasteiger partial charge in [-0.05, 0) is 31.0 Å². The summed E-state index contributed by atoms with van der Waals surface area (Å²) in [4.78, 5) is 29.6. The van der Waals surface area contributed by atoms with E-state index in [-0.39, 0.29) is 18.1 Å². The largest absolute Gasteiger partial charge is 0.332 e. The summed E-state index contributed by atoms with van der Waals surface area (Å²) < 4.78 is 1.29. The first-order valence-corrected chi connectivity index (χ1v) is 9.89. The van der Waals surface area contributed by atoms with Gasteiger partial charge in [0.15, 0.2) is 0 Å². The van der Waals surface area contributed by atoms with E-state index in [0.717, 1.165) is 27.4 Å². The maximum Gasteiger partial charge on any atom is 0.319 e. The second-order valence-electron chi connectivity index (χ2n) is 6.62. The van der Waals surface area contributed by atoms with Gasteiger partial charge in [0.2, 0.25) is 4.96 Å². The first kappa shape index (κ1) is 18.8. The predicted molar refractivity (Wildman–Crippen MR) is 114 cm³/mol. The smallest absolute Gasteiger partial charge is 0.319 e. The summed E-state index contributed by atoms with van der Waals surface area (Å²) >= 11 is 1.34. The maximum atomic E-state index is 12.4. The van der Waals surface area contributed by atoms with E-state index in [1.165, 1.54) is 21.9 Å². The van der Waals surface area contributed by atoms with Crippen molar-refractivity contribution in [2.24, 2.45) is 0 Å². The summed E-state index contributed by atoms with van der Waals surface area (Å²) in [6.45, 7) is 4.06. The molecule has 0 aliphatic rings. The highest BCUT2D eigenvalue weighted by molar-refractivity contribution is 7.19. The number of benzene rings is 2. The Morgan fingerprint density at radius 2 is 1.79 bits per heavy atom. The number of aromatic nitrogens is 3. The highest BCUT2D eigenvalue weighted by atomic mass is 32.1. The number of fused-ring (bicyclic) bond motifs is 1. The third-order valence-corrected chi connectivity index (χ3v) is 5.44. The van der Waals surface area contributed by atoms with Crippen molar-refractivity contribution in [1.82, 2.24) is 19.9 Å². The number of hydrogen-bond acceptors (Lipinski definition) is 5. The lowest BCUT2D eigenvalue weighted by Gasteiger charge is -2.09. The lowest BCUT2D eigenvalue weighted by molar-refractivity contribution is 0.251. The van der Waals surface area contributed by atoms with Gasteiger partial charge in [-0.2, -0.15) is 9.61 Å². The molecule has 0 saturated carbocycles. The monoisotopic (exact) mass is 405 g/mol. The van der Waals surface area contributed by atoms with Crippen LogP contribution in [0.5, 0.6) is 0 Å². The van der Waals surface area contributed by atoms with Gasteiger partial charge in [-0.1, -0.05) is 53.8 Å². The summed E-state index contributed by atoms with van der Waals surface area (Å²) in [6.07, 6.45) is 0. The molecule has 2 N–H and O–H groups in total. The van der Waals surface area contributed by atoms with E-state index in [4.69, 9.17) is 0 Å². The molecule has 8 heteroatoms. The van der Waals surface area contributed by atoms with Crippen LogP contribution in [0.4, 0.5) is 10.5 Å². The Morgan fingerprint density at radius 1 is 1.07 bits per heavy atom. The molecule has 0 spiro atoms. The summed E-state index contributed by atoms with van der Waals surface area (Å²) in [6, 6.07) is 16.4. The Balaban J connectivity index is 1.53. The minimum atomic E-state index is -0.355. The van der Waals surface area contributed by atoms with Crippen molar-refractivity contribution in [3.05, 3.63) is 81.8 Å². The van der Waals surface area contributed by atoms with Crippen LogP contribution < -0.4 is 16.2 Å². The molecule has 0 atom stereocenters. The van der Waals surface area contributed by atoms with E-state index >= 15 is 0 Å². The Labute approximate surface area is 171 Å². The Hall–Kier alpha value is -3.52. The zero-order chi connectivity index (χ0) is 20.4. The molecule has 2 aromatic heterocycles. The third-order valence-electron chi connectivity index (χ3n) is 4.50. The highest BCUT2D eigenvalue weighted by Crippen LogP contribution is 2.26. The van der Waals surface area contributed by atoms with Gasteiger partial charge in [-0.15, -0.1) is 0 Å². The number of amides is 2. The van der Waals surface area contributed by atoms with Gasteiger partial charge < -0.3 is 10.6 Å². The molecule has 146 valence electrons. The number of nitrogens with one attached hydrogen (secondary N) is 2. The van der Waals surface area contributed by atoms with Crippen molar-refractivity contribution in [3.63, 3.8) is 0 Å². The zero-order valence-electron chi connectivity index (χ0n) is 16.0. The van der Waals surface area contributed by atoms with Crippen molar-refractivity contribution >= 4 is 28.0 Å². The minimum Gasteiger partial charge on any atom is -0.332 e. The van der Waals surface area contributed by atoms with Crippen molar-refractivity contribution in [2.75, 3.05) is 5.32 Å². The lowest BCUT2D eigenvalue weighted by atomic mass is 10.1. The van der Waals surface area contributed by atoms with Crippen LogP contribution in [-0.4, -0.2) is 20.6 Å². The highest BCUT2D eigenvalue weighted by Gasteiger charge is 2.12. The molecule has 4 rings (SSSR count). The van der Waals surface area contributed by atoms with Gasteiger partial charge in [0.05, 0.1) is 12.2 Å². The molecule has 0 aliphatic carbocycles. The van der Waals surface area contributed by atoms with Gasteiger partial charge in [-0.25, -0.2) is 9.78 Å². The molecule has 4 aromatic rings. The van der Waals surface area contributed by atoms with E-state index in [0.29, 0.717) is 10.7 Å². The average molecular weight is 405 g/mol. The predicted octanol–water partition coefficient (Wildman–Crippen LogP) is 3.76. The second kappa shape index (κ2) is 7.84. The standard InChI is InChI=1S/C21H19N5O2S/c1-13-7-3-5-9-16(13)19-25-26-18(27)11-15(23-21(26)29-19)12-22-20(28)24-17-10-6-4-8-14(17)2/h3-11H,12H2,1-2H3,(H2,22,24,28). The SMILES string of the molecule is Cc1ccccc1NC(=O)NCc1cc(=O)n2nc(-c3ccccc3C)sc2n1. The zero-order valence-corrected chi connectivity index (χ0v) is 16.8. The van der Waals surface area contributed by atoms with Crippen molar-refractivity contribution in [3.8, 4) is 10.6 Å². The maximum absolute atomic E-state index is 12.4. The number of rotatable bonds is 4. The van der Waals surface area contributed by atoms with E-state index in [1.54, 1.807) is 0 Å². The molecule has 2 heterocycles. The topological polar surface area (TPSA) is 88.4 Å². The molecular weight excluding hydrogens is 386 g/mol. The van der Waals surface area contributed by atoms with Gasteiger partial charge in [-0.3, -0.25) is 4.79 Å². The van der Waals surface area contributed by atoms with Crippen LogP contribution in [0.15, 0.2) is 59.4 Å². The Kier molecular flexibility index (Phi) is 5.09. The van der Waals surface area contributed by atoms with Crippen LogP contribution in [0.25, 0.3) is 15.5 Å². The summed E-state index contributed by atoms with van der Waals surface area (Å²) in [5.41, 5.74) is 3.96. The Morgan fingerprint density at radius 3 is 2.55 bits per heavy atom. The normalized spacial score (nSPS) is 10.8. The molecule has 7 nitrogen and oxygen atoms in total. The number of para-hydroxylation sites is 1. The minimum absolute atomic E-state index is 0.140.